The molecule has 0 spiro atoms. The summed E-state index contributed by atoms with van der Waals surface area (Å²) in [5.41, 5.74) is 6.07. The van der Waals surface area contributed by atoms with Crippen molar-refractivity contribution in [2.45, 2.75) is 34.6 Å². The van der Waals surface area contributed by atoms with Crippen LogP contribution in [0.3, 0.4) is 0 Å². The van der Waals surface area contributed by atoms with Crippen LogP contribution >= 0.6 is 0 Å². The van der Waals surface area contributed by atoms with Gasteiger partial charge in [0.15, 0.2) is 11.5 Å². The first-order valence-electron chi connectivity index (χ1n) is 6.48. The minimum atomic E-state index is 0.719. The summed E-state index contributed by atoms with van der Waals surface area (Å²) in [6.07, 6.45) is 1.82. The summed E-state index contributed by atoms with van der Waals surface area (Å²) in [4.78, 5) is 13.5. The topological polar surface area (TPSA) is 68.9 Å². The van der Waals surface area contributed by atoms with Crippen molar-refractivity contribution in [3.63, 3.8) is 0 Å². The first-order valence-corrected chi connectivity index (χ1v) is 6.48. The van der Waals surface area contributed by atoms with Gasteiger partial charge in [-0.2, -0.15) is 0 Å². The molecule has 0 saturated heterocycles. The van der Waals surface area contributed by atoms with Gasteiger partial charge < -0.3 is 0 Å². The zero-order chi connectivity index (χ0) is 14.4. The summed E-state index contributed by atoms with van der Waals surface area (Å²) in [6.45, 7) is 9.76. The van der Waals surface area contributed by atoms with Crippen molar-refractivity contribution in [1.29, 1.82) is 0 Å². The van der Waals surface area contributed by atoms with Gasteiger partial charge in [-0.25, -0.2) is 4.98 Å². The molecule has 6 nitrogen and oxygen atoms in total. The molecule has 0 bridgehead atoms. The van der Waals surface area contributed by atoms with E-state index in [1.807, 2.05) is 45.2 Å². The highest BCUT2D eigenvalue weighted by atomic mass is 15.3. The maximum atomic E-state index is 4.63. The Labute approximate surface area is 116 Å². The molecule has 0 aliphatic rings. The monoisotopic (exact) mass is 268 g/mol. The number of aromatic nitrogens is 6. The predicted octanol–water partition coefficient (Wildman–Crippen LogP) is 2.12. The molecule has 3 heterocycles. The number of nitrogens with zero attached hydrogens (tertiary/aromatic N) is 6. The van der Waals surface area contributed by atoms with Crippen molar-refractivity contribution in [3.8, 4) is 11.5 Å². The van der Waals surface area contributed by atoms with E-state index < -0.39 is 0 Å². The van der Waals surface area contributed by atoms with Crippen LogP contribution in [0.15, 0.2) is 6.20 Å². The first kappa shape index (κ1) is 12.7. The van der Waals surface area contributed by atoms with Crippen LogP contribution in [0.2, 0.25) is 0 Å². The maximum absolute atomic E-state index is 4.63. The van der Waals surface area contributed by atoms with Gasteiger partial charge in [-0.15, -0.1) is 10.2 Å². The predicted molar refractivity (Wildman–Crippen MR) is 75.5 cm³/mol. The molecule has 0 fully saturated rings. The molecule has 0 amide bonds. The van der Waals surface area contributed by atoms with E-state index >= 15 is 0 Å². The Morgan fingerprint density at radius 1 is 0.800 bits per heavy atom. The summed E-state index contributed by atoms with van der Waals surface area (Å²) >= 11 is 0. The van der Waals surface area contributed by atoms with E-state index in [9.17, 15) is 0 Å². The van der Waals surface area contributed by atoms with Crippen LogP contribution < -0.4 is 0 Å². The van der Waals surface area contributed by atoms with E-state index in [1.165, 1.54) is 0 Å². The van der Waals surface area contributed by atoms with E-state index in [4.69, 9.17) is 0 Å². The van der Waals surface area contributed by atoms with Crippen molar-refractivity contribution in [3.05, 3.63) is 34.7 Å². The molecule has 20 heavy (non-hydrogen) atoms. The summed E-state index contributed by atoms with van der Waals surface area (Å²) < 4.78 is 1.98. The van der Waals surface area contributed by atoms with Crippen molar-refractivity contribution in [1.82, 2.24) is 29.5 Å². The van der Waals surface area contributed by atoms with Gasteiger partial charge in [-0.1, -0.05) is 0 Å². The number of rotatable bonds is 1. The molecular weight excluding hydrogens is 252 g/mol. The molecule has 0 aromatic carbocycles. The van der Waals surface area contributed by atoms with E-state index in [-0.39, 0.29) is 0 Å². The standard InChI is InChI=1S/C14H16N6/c1-7-6-15-11(5)13-18-19-14(20(7)13)12-10(4)16-8(2)9(3)17-12/h6H,1-5H3. The third kappa shape index (κ3) is 1.76. The summed E-state index contributed by atoms with van der Waals surface area (Å²) in [5.74, 6) is 0.719. The lowest BCUT2D eigenvalue weighted by atomic mass is 10.2. The summed E-state index contributed by atoms with van der Waals surface area (Å²) in [6, 6.07) is 0. The quantitative estimate of drug-likeness (QED) is 0.676. The SMILES string of the molecule is Cc1nc(C)c(-c2nnc3c(C)ncc(C)n23)nc1C. The number of fused-ring (bicyclic) bond motifs is 1. The van der Waals surface area contributed by atoms with Gasteiger partial charge in [0.2, 0.25) is 0 Å². The number of aryl methyl sites for hydroxylation is 5. The fourth-order valence-electron chi connectivity index (χ4n) is 2.24. The normalized spacial score (nSPS) is 11.2. The van der Waals surface area contributed by atoms with Crippen LogP contribution in [0.5, 0.6) is 0 Å². The van der Waals surface area contributed by atoms with Gasteiger partial charge in [-0.05, 0) is 34.6 Å². The second kappa shape index (κ2) is 4.33. The van der Waals surface area contributed by atoms with Crippen LogP contribution in [-0.4, -0.2) is 29.5 Å². The molecule has 102 valence electrons. The molecule has 0 aliphatic carbocycles. The van der Waals surface area contributed by atoms with Gasteiger partial charge in [0.05, 0.1) is 22.8 Å². The van der Waals surface area contributed by atoms with E-state index in [0.717, 1.165) is 45.6 Å². The lowest BCUT2D eigenvalue weighted by Gasteiger charge is -2.08. The summed E-state index contributed by atoms with van der Waals surface area (Å²) in [7, 11) is 0. The lowest BCUT2D eigenvalue weighted by molar-refractivity contribution is 0.966. The second-order valence-electron chi connectivity index (χ2n) is 5.00. The Bertz CT molecular complexity index is 818. The second-order valence-corrected chi connectivity index (χ2v) is 5.00. The molecule has 0 radical (unpaired) electrons. The molecule has 3 aromatic rings. The smallest absolute Gasteiger partial charge is 0.189 e. The van der Waals surface area contributed by atoms with Gasteiger partial charge in [-0.3, -0.25) is 14.4 Å². The fourth-order valence-corrected chi connectivity index (χ4v) is 2.24. The fraction of sp³-hybridized carbons (Fsp3) is 0.357. The Kier molecular flexibility index (Phi) is 2.74. The molecule has 3 aromatic heterocycles. The zero-order valence-corrected chi connectivity index (χ0v) is 12.3. The highest BCUT2D eigenvalue weighted by Gasteiger charge is 2.17. The maximum Gasteiger partial charge on any atom is 0.189 e. The molecular formula is C14H16N6. The molecule has 0 N–H and O–H groups in total. The molecule has 3 rings (SSSR count). The van der Waals surface area contributed by atoms with Gasteiger partial charge >= 0.3 is 0 Å². The molecule has 0 saturated carbocycles. The van der Waals surface area contributed by atoms with E-state index in [1.54, 1.807) is 0 Å². The molecule has 0 unspecified atom stereocenters. The lowest BCUT2D eigenvalue weighted by Crippen LogP contribution is -2.04. The minimum Gasteiger partial charge on any atom is -0.275 e. The van der Waals surface area contributed by atoms with Crippen LogP contribution in [0.4, 0.5) is 0 Å². The highest BCUT2D eigenvalue weighted by Crippen LogP contribution is 2.22. The summed E-state index contributed by atoms with van der Waals surface area (Å²) in [5, 5.41) is 8.52. The average molecular weight is 268 g/mol. The molecule has 0 atom stereocenters. The van der Waals surface area contributed by atoms with Gasteiger partial charge in [0.1, 0.15) is 5.69 Å². The van der Waals surface area contributed by atoms with Crippen LogP contribution in [-0.2, 0) is 0 Å². The Morgan fingerprint density at radius 2 is 1.50 bits per heavy atom. The third-order valence-corrected chi connectivity index (χ3v) is 3.48. The minimum absolute atomic E-state index is 0.719. The number of hydrogen-bond donors (Lipinski definition) is 0. The largest absolute Gasteiger partial charge is 0.275 e. The van der Waals surface area contributed by atoms with Crippen molar-refractivity contribution < 1.29 is 0 Å². The van der Waals surface area contributed by atoms with E-state index in [2.05, 4.69) is 25.1 Å². The van der Waals surface area contributed by atoms with Crippen molar-refractivity contribution >= 4 is 5.65 Å². The third-order valence-electron chi connectivity index (χ3n) is 3.48. The van der Waals surface area contributed by atoms with Crippen LogP contribution in [0.25, 0.3) is 17.2 Å². The Hall–Kier alpha value is -2.37. The van der Waals surface area contributed by atoms with Crippen molar-refractivity contribution in [2.24, 2.45) is 0 Å². The number of hydrogen-bond acceptors (Lipinski definition) is 5. The van der Waals surface area contributed by atoms with Gasteiger partial charge in [0.25, 0.3) is 0 Å². The van der Waals surface area contributed by atoms with Crippen LogP contribution in [0.1, 0.15) is 28.5 Å². The van der Waals surface area contributed by atoms with E-state index in [0.29, 0.717) is 0 Å². The van der Waals surface area contributed by atoms with Gasteiger partial charge in [0, 0.05) is 11.9 Å². The highest BCUT2D eigenvalue weighted by molar-refractivity contribution is 5.59. The Morgan fingerprint density at radius 3 is 2.25 bits per heavy atom. The first-order chi connectivity index (χ1) is 9.49. The van der Waals surface area contributed by atoms with Crippen molar-refractivity contribution in [2.75, 3.05) is 0 Å². The molecule has 0 aliphatic heterocycles. The van der Waals surface area contributed by atoms with Crippen LogP contribution in [0, 0.1) is 34.6 Å². The molecule has 6 heteroatoms. The Balaban J connectivity index is 2.36. The average Bonchev–Trinajstić information content (AvgIpc) is 2.84. The zero-order valence-electron chi connectivity index (χ0n) is 12.3.